The van der Waals surface area contributed by atoms with Crippen molar-refractivity contribution in [1.29, 1.82) is 0 Å². The van der Waals surface area contributed by atoms with Gasteiger partial charge in [0.05, 0.1) is 17.7 Å². The number of carboxylic acid groups (broad SMARTS) is 1. The molecule has 0 spiro atoms. The van der Waals surface area contributed by atoms with Gasteiger partial charge in [0, 0.05) is 11.3 Å². The SMILES string of the molecule is Cc1cc(OCC(=O)O)ccc1NC(=O)c1ccc2c(c1)C(=O)N(Cc1ccccc1)C2=O. The smallest absolute Gasteiger partial charge is 0.341 e. The lowest BCUT2D eigenvalue weighted by molar-refractivity contribution is -0.139. The number of carbonyl (C=O) groups is 4. The lowest BCUT2D eigenvalue weighted by Crippen LogP contribution is -2.29. The average Bonchev–Trinajstić information content (AvgIpc) is 3.04. The van der Waals surface area contributed by atoms with E-state index >= 15 is 0 Å². The fourth-order valence-corrected chi connectivity index (χ4v) is 3.55. The second kappa shape index (κ2) is 8.96. The molecule has 33 heavy (non-hydrogen) atoms. The summed E-state index contributed by atoms with van der Waals surface area (Å²) in [5.41, 5.74) is 2.71. The number of fused-ring (bicyclic) bond motifs is 1. The van der Waals surface area contributed by atoms with Gasteiger partial charge < -0.3 is 15.2 Å². The Hall–Kier alpha value is -4.46. The minimum absolute atomic E-state index is 0.157. The van der Waals surface area contributed by atoms with Crippen molar-refractivity contribution in [3.63, 3.8) is 0 Å². The van der Waals surface area contributed by atoms with E-state index < -0.39 is 30.3 Å². The molecule has 166 valence electrons. The van der Waals surface area contributed by atoms with Gasteiger partial charge in [0.1, 0.15) is 5.75 Å². The molecule has 0 aliphatic carbocycles. The fraction of sp³-hybridized carbons (Fsp3) is 0.120. The van der Waals surface area contributed by atoms with Gasteiger partial charge in [0.25, 0.3) is 17.7 Å². The zero-order chi connectivity index (χ0) is 23.5. The fourth-order valence-electron chi connectivity index (χ4n) is 3.55. The first-order chi connectivity index (χ1) is 15.8. The Morgan fingerprint density at radius 3 is 2.36 bits per heavy atom. The molecule has 8 heteroatoms. The maximum Gasteiger partial charge on any atom is 0.341 e. The number of aliphatic carboxylic acids is 1. The molecule has 1 heterocycles. The van der Waals surface area contributed by atoms with Crippen molar-refractivity contribution in [1.82, 2.24) is 4.90 Å². The monoisotopic (exact) mass is 444 g/mol. The van der Waals surface area contributed by atoms with Crippen LogP contribution >= 0.6 is 0 Å². The third kappa shape index (κ3) is 4.59. The number of aryl methyl sites for hydroxylation is 1. The first-order valence-electron chi connectivity index (χ1n) is 10.1. The van der Waals surface area contributed by atoms with Gasteiger partial charge in [-0.25, -0.2) is 4.79 Å². The van der Waals surface area contributed by atoms with Gasteiger partial charge in [0.15, 0.2) is 6.61 Å². The van der Waals surface area contributed by atoms with Crippen molar-refractivity contribution in [3.8, 4) is 5.75 Å². The van der Waals surface area contributed by atoms with E-state index in [9.17, 15) is 19.2 Å². The molecular weight excluding hydrogens is 424 g/mol. The predicted octanol–water partition coefficient (Wildman–Crippen LogP) is 3.51. The van der Waals surface area contributed by atoms with E-state index in [1.165, 1.54) is 23.1 Å². The Kier molecular flexibility index (Phi) is 5.91. The Morgan fingerprint density at radius 1 is 0.939 bits per heavy atom. The van der Waals surface area contributed by atoms with E-state index in [1.54, 1.807) is 25.1 Å². The quantitative estimate of drug-likeness (QED) is 0.539. The van der Waals surface area contributed by atoms with Gasteiger partial charge in [-0.2, -0.15) is 0 Å². The van der Waals surface area contributed by atoms with Crippen LogP contribution in [0, 0.1) is 6.92 Å². The number of imide groups is 1. The molecule has 1 aliphatic heterocycles. The van der Waals surface area contributed by atoms with Crippen molar-refractivity contribution in [2.45, 2.75) is 13.5 Å². The molecular formula is C25H20N2O6. The maximum atomic E-state index is 12.9. The summed E-state index contributed by atoms with van der Waals surface area (Å²) in [6.45, 7) is 1.44. The van der Waals surface area contributed by atoms with Crippen LogP contribution in [0.25, 0.3) is 0 Å². The molecule has 8 nitrogen and oxygen atoms in total. The molecule has 4 rings (SSSR count). The topological polar surface area (TPSA) is 113 Å². The summed E-state index contributed by atoms with van der Waals surface area (Å²) in [5.74, 6) is -1.99. The lowest BCUT2D eigenvalue weighted by Gasteiger charge is -2.13. The molecule has 0 aromatic heterocycles. The summed E-state index contributed by atoms with van der Waals surface area (Å²) in [7, 11) is 0. The number of nitrogens with one attached hydrogen (secondary N) is 1. The van der Waals surface area contributed by atoms with Crippen LogP contribution in [0.4, 0.5) is 5.69 Å². The first kappa shape index (κ1) is 21.8. The maximum absolute atomic E-state index is 12.9. The highest BCUT2D eigenvalue weighted by molar-refractivity contribution is 6.22. The first-order valence-corrected chi connectivity index (χ1v) is 10.1. The third-order valence-electron chi connectivity index (χ3n) is 5.22. The molecule has 0 fully saturated rings. The van der Waals surface area contributed by atoms with Crippen LogP contribution in [0.15, 0.2) is 66.7 Å². The van der Waals surface area contributed by atoms with Crippen LogP contribution < -0.4 is 10.1 Å². The number of ether oxygens (including phenoxy) is 1. The zero-order valence-electron chi connectivity index (χ0n) is 17.7. The molecule has 0 unspecified atom stereocenters. The second-order valence-corrected chi connectivity index (χ2v) is 7.56. The van der Waals surface area contributed by atoms with Crippen molar-refractivity contribution in [2.75, 3.05) is 11.9 Å². The summed E-state index contributed by atoms with van der Waals surface area (Å²) in [4.78, 5) is 50.2. The summed E-state index contributed by atoms with van der Waals surface area (Å²) in [5, 5.41) is 11.5. The highest BCUT2D eigenvalue weighted by atomic mass is 16.5. The standard InChI is InChI=1S/C25H20N2O6/c1-15-11-18(33-14-22(28)29)8-10-21(15)26-23(30)17-7-9-19-20(12-17)25(32)27(24(19)31)13-16-5-3-2-4-6-16/h2-12H,13-14H2,1H3,(H,26,30)(H,28,29). The molecule has 0 saturated carbocycles. The molecule has 3 amide bonds. The van der Waals surface area contributed by atoms with Gasteiger partial charge in [-0.1, -0.05) is 30.3 Å². The van der Waals surface area contributed by atoms with Gasteiger partial charge in [-0.3, -0.25) is 19.3 Å². The molecule has 3 aromatic carbocycles. The minimum atomic E-state index is -1.09. The number of anilines is 1. The lowest BCUT2D eigenvalue weighted by atomic mass is 10.0. The van der Waals surface area contributed by atoms with E-state index in [0.717, 1.165) is 5.56 Å². The van der Waals surface area contributed by atoms with Crippen LogP contribution in [-0.4, -0.2) is 40.3 Å². The number of hydrogen-bond donors (Lipinski definition) is 2. The van der Waals surface area contributed by atoms with E-state index in [4.69, 9.17) is 9.84 Å². The van der Waals surface area contributed by atoms with Crippen LogP contribution in [-0.2, 0) is 11.3 Å². The van der Waals surface area contributed by atoms with Crippen LogP contribution in [0.3, 0.4) is 0 Å². The summed E-state index contributed by atoms with van der Waals surface area (Å²) >= 11 is 0. The van der Waals surface area contributed by atoms with Crippen LogP contribution in [0.2, 0.25) is 0 Å². The van der Waals surface area contributed by atoms with Crippen LogP contribution in [0.1, 0.15) is 42.2 Å². The van der Waals surface area contributed by atoms with E-state index in [1.807, 2.05) is 30.3 Å². The summed E-state index contributed by atoms with van der Waals surface area (Å²) in [6.07, 6.45) is 0. The third-order valence-corrected chi connectivity index (χ3v) is 5.22. The normalized spacial score (nSPS) is 12.5. The van der Waals surface area contributed by atoms with Gasteiger partial charge in [0.2, 0.25) is 0 Å². The molecule has 0 saturated heterocycles. The minimum Gasteiger partial charge on any atom is -0.482 e. The van der Waals surface area contributed by atoms with Crippen LogP contribution in [0.5, 0.6) is 5.75 Å². The number of benzene rings is 3. The van der Waals surface area contributed by atoms with Gasteiger partial charge in [-0.15, -0.1) is 0 Å². The highest BCUT2D eigenvalue weighted by Crippen LogP contribution is 2.27. The predicted molar refractivity (Wildman–Crippen MR) is 119 cm³/mol. The van der Waals surface area contributed by atoms with Crippen molar-refractivity contribution in [3.05, 3.63) is 94.5 Å². The Bertz CT molecular complexity index is 1270. The number of rotatable bonds is 7. The molecule has 0 radical (unpaired) electrons. The molecule has 0 atom stereocenters. The van der Waals surface area contributed by atoms with E-state index in [-0.39, 0.29) is 23.2 Å². The van der Waals surface area contributed by atoms with Crippen molar-refractivity contribution >= 4 is 29.4 Å². The average molecular weight is 444 g/mol. The number of carboxylic acids is 1. The Balaban J connectivity index is 1.50. The van der Waals surface area contributed by atoms with E-state index in [2.05, 4.69) is 5.32 Å². The van der Waals surface area contributed by atoms with Crippen molar-refractivity contribution in [2.24, 2.45) is 0 Å². The Morgan fingerprint density at radius 2 is 1.67 bits per heavy atom. The number of carbonyl (C=O) groups excluding carboxylic acids is 3. The molecule has 2 N–H and O–H groups in total. The van der Waals surface area contributed by atoms with Gasteiger partial charge >= 0.3 is 5.97 Å². The summed E-state index contributed by atoms with van der Waals surface area (Å²) in [6, 6.07) is 18.4. The second-order valence-electron chi connectivity index (χ2n) is 7.56. The highest BCUT2D eigenvalue weighted by Gasteiger charge is 2.36. The number of amides is 3. The van der Waals surface area contributed by atoms with Gasteiger partial charge in [-0.05, 0) is 54.4 Å². The summed E-state index contributed by atoms with van der Waals surface area (Å²) < 4.78 is 5.13. The number of nitrogens with zero attached hydrogens (tertiary/aromatic N) is 1. The molecule has 3 aromatic rings. The van der Waals surface area contributed by atoms with Crippen molar-refractivity contribution < 1.29 is 29.0 Å². The molecule has 0 bridgehead atoms. The Labute approximate surface area is 189 Å². The molecule has 1 aliphatic rings. The van der Waals surface area contributed by atoms with E-state index in [0.29, 0.717) is 17.0 Å². The zero-order valence-corrected chi connectivity index (χ0v) is 17.7. The number of hydrogen-bond acceptors (Lipinski definition) is 5. The largest absolute Gasteiger partial charge is 0.482 e.